The number of aromatic nitrogens is 2. The van der Waals surface area contributed by atoms with Gasteiger partial charge in [0.2, 0.25) is 11.8 Å². The van der Waals surface area contributed by atoms with Crippen molar-refractivity contribution in [1.29, 1.82) is 0 Å². The first-order valence-corrected chi connectivity index (χ1v) is 7.76. The number of alkyl halides is 3. The van der Waals surface area contributed by atoms with E-state index >= 15 is 0 Å². The first kappa shape index (κ1) is 18.5. The van der Waals surface area contributed by atoms with Crippen LogP contribution in [0.4, 0.5) is 19.1 Å². The molecule has 1 aromatic rings. The molecular weight excluding hydrogens is 295 g/mol. The SMILES string of the molecule is CCCCN(CCCC)c1nc(OCC)cc(C(F)(F)F)n1. The van der Waals surface area contributed by atoms with Gasteiger partial charge in [-0.15, -0.1) is 0 Å². The molecule has 0 fully saturated rings. The maximum Gasteiger partial charge on any atom is 0.433 e. The van der Waals surface area contributed by atoms with Crippen LogP contribution >= 0.6 is 0 Å². The highest BCUT2D eigenvalue weighted by atomic mass is 19.4. The van der Waals surface area contributed by atoms with Crippen LogP contribution in [-0.4, -0.2) is 29.7 Å². The van der Waals surface area contributed by atoms with Crippen LogP contribution in [-0.2, 0) is 6.18 Å². The third kappa shape index (κ3) is 5.69. The van der Waals surface area contributed by atoms with Crippen LogP contribution < -0.4 is 9.64 Å². The first-order chi connectivity index (χ1) is 10.4. The first-order valence-electron chi connectivity index (χ1n) is 7.76. The summed E-state index contributed by atoms with van der Waals surface area (Å²) in [5.41, 5.74) is -0.959. The van der Waals surface area contributed by atoms with Gasteiger partial charge < -0.3 is 9.64 Å². The van der Waals surface area contributed by atoms with Gasteiger partial charge in [-0.25, -0.2) is 4.98 Å². The lowest BCUT2D eigenvalue weighted by Gasteiger charge is -2.23. The van der Waals surface area contributed by atoms with Crippen LogP contribution in [0.25, 0.3) is 0 Å². The molecule has 0 bridgehead atoms. The van der Waals surface area contributed by atoms with E-state index in [1.54, 1.807) is 6.92 Å². The standard InChI is InChI=1S/C15H24F3N3O/c1-4-7-9-21(10-8-5-2)14-19-12(15(16,17)18)11-13(20-14)22-6-3/h11H,4-10H2,1-3H3. The van der Waals surface area contributed by atoms with Crippen molar-refractivity contribution in [2.24, 2.45) is 0 Å². The molecular formula is C15H24F3N3O. The summed E-state index contributed by atoms with van der Waals surface area (Å²) >= 11 is 0. The van der Waals surface area contributed by atoms with E-state index in [4.69, 9.17) is 4.74 Å². The predicted octanol–water partition coefficient (Wildman–Crippen LogP) is 4.30. The zero-order chi connectivity index (χ0) is 16.6. The van der Waals surface area contributed by atoms with Crippen LogP contribution in [0.15, 0.2) is 6.07 Å². The summed E-state index contributed by atoms with van der Waals surface area (Å²) < 4.78 is 44.1. The van der Waals surface area contributed by atoms with Crippen molar-refractivity contribution in [1.82, 2.24) is 9.97 Å². The topological polar surface area (TPSA) is 38.2 Å². The van der Waals surface area contributed by atoms with Crippen molar-refractivity contribution >= 4 is 5.95 Å². The minimum absolute atomic E-state index is 0.0298. The lowest BCUT2D eigenvalue weighted by Crippen LogP contribution is -2.28. The van der Waals surface area contributed by atoms with Gasteiger partial charge in [0.25, 0.3) is 0 Å². The lowest BCUT2D eigenvalue weighted by molar-refractivity contribution is -0.141. The summed E-state index contributed by atoms with van der Waals surface area (Å²) in [5.74, 6) is 0.0676. The second-order valence-corrected chi connectivity index (χ2v) is 5.02. The van der Waals surface area contributed by atoms with Crippen LogP contribution in [0, 0.1) is 0 Å². The number of rotatable bonds is 9. The summed E-state index contributed by atoms with van der Waals surface area (Å²) in [6, 6.07) is 0.852. The number of halogens is 3. The Bertz CT molecular complexity index is 444. The number of anilines is 1. The van der Waals surface area contributed by atoms with E-state index in [0.717, 1.165) is 31.7 Å². The number of nitrogens with zero attached hydrogens (tertiary/aromatic N) is 3. The number of ether oxygens (including phenoxy) is 1. The zero-order valence-corrected chi connectivity index (χ0v) is 13.4. The van der Waals surface area contributed by atoms with E-state index in [1.807, 2.05) is 18.7 Å². The molecule has 0 amide bonds. The maximum atomic E-state index is 13.0. The molecule has 0 aliphatic heterocycles. The van der Waals surface area contributed by atoms with Crippen molar-refractivity contribution in [3.8, 4) is 5.88 Å². The summed E-state index contributed by atoms with van der Waals surface area (Å²) in [6.07, 6.45) is -0.828. The molecule has 1 aromatic heterocycles. The molecule has 0 atom stereocenters. The highest BCUT2D eigenvalue weighted by Crippen LogP contribution is 2.31. The van der Waals surface area contributed by atoms with Gasteiger partial charge in [-0.2, -0.15) is 18.2 Å². The monoisotopic (exact) mass is 319 g/mol. The Morgan fingerprint density at radius 2 is 1.64 bits per heavy atom. The molecule has 1 heterocycles. The average molecular weight is 319 g/mol. The summed E-state index contributed by atoms with van der Waals surface area (Å²) in [5, 5.41) is 0. The molecule has 0 unspecified atom stereocenters. The van der Waals surface area contributed by atoms with E-state index in [1.165, 1.54) is 0 Å². The lowest BCUT2D eigenvalue weighted by atomic mass is 10.2. The van der Waals surface area contributed by atoms with Gasteiger partial charge in [-0.05, 0) is 19.8 Å². The van der Waals surface area contributed by atoms with Gasteiger partial charge in [-0.3, -0.25) is 0 Å². The van der Waals surface area contributed by atoms with E-state index in [0.29, 0.717) is 13.1 Å². The number of unbranched alkanes of at least 4 members (excludes halogenated alkanes) is 2. The molecule has 0 saturated heterocycles. The van der Waals surface area contributed by atoms with E-state index < -0.39 is 11.9 Å². The maximum absolute atomic E-state index is 13.0. The highest BCUT2D eigenvalue weighted by molar-refractivity contribution is 5.35. The number of hydrogen-bond acceptors (Lipinski definition) is 4. The van der Waals surface area contributed by atoms with Gasteiger partial charge in [0, 0.05) is 19.2 Å². The number of hydrogen-bond donors (Lipinski definition) is 0. The van der Waals surface area contributed by atoms with Gasteiger partial charge in [0.05, 0.1) is 6.61 Å². The second-order valence-electron chi connectivity index (χ2n) is 5.02. The quantitative estimate of drug-likeness (QED) is 0.680. The Kier molecular flexibility index (Phi) is 7.41. The van der Waals surface area contributed by atoms with E-state index in [9.17, 15) is 13.2 Å². The highest BCUT2D eigenvalue weighted by Gasteiger charge is 2.34. The smallest absolute Gasteiger partial charge is 0.433 e. The fourth-order valence-corrected chi connectivity index (χ4v) is 1.93. The Labute approximate surface area is 129 Å². The second kappa shape index (κ2) is 8.80. The van der Waals surface area contributed by atoms with Gasteiger partial charge in [0.15, 0.2) is 5.69 Å². The molecule has 0 radical (unpaired) electrons. The van der Waals surface area contributed by atoms with Crippen LogP contribution in [0.2, 0.25) is 0 Å². The third-order valence-corrected chi connectivity index (χ3v) is 3.12. The van der Waals surface area contributed by atoms with E-state index in [-0.39, 0.29) is 18.4 Å². The molecule has 0 saturated carbocycles. The predicted molar refractivity (Wildman–Crippen MR) is 80.2 cm³/mol. The molecule has 0 spiro atoms. The molecule has 0 N–H and O–H groups in total. The molecule has 22 heavy (non-hydrogen) atoms. The minimum Gasteiger partial charge on any atom is -0.478 e. The largest absolute Gasteiger partial charge is 0.478 e. The Morgan fingerprint density at radius 3 is 2.09 bits per heavy atom. The van der Waals surface area contributed by atoms with Crippen molar-refractivity contribution in [3.05, 3.63) is 11.8 Å². The van der Waals surface area contributed by atoms with Crippen LogP contribution in [0.3, 0.4) is 0 Å². The van der Waals surface area contributed by atoms with Crippen LogP contribution in [0.5, 0.6) is 5.88 Å². The Morgan fingerprint density at radius 1 is 1.05 bits per heavy atom. The van der Waals surface area contributed by atoms with Crippen LogP contribution in [0.1, 0.15) is 52.1 Å². The molecule has 0 aliphatic rings. The molecule has 0 aliphatic carbocycles. The van der Waals surface area contributed by atoms with Crippen molar-refractivity contribution in [2.75, 3.05) is 24.6 Å². The molecule has 7 heteroatoms. The molecule has 0 aromatic carbocycles. The van der Waals surface area contributed by atoms with Gasteiger partial charge in [-0.1, -0.05) is 26.7 Å². The molecule has 1 rings (SSSR count). The van der Waals surface area contributed by atoms with Crippen molar-refractivity contribution in [2.45, 2.75) is 52.6 Å². The third-order valence-electron chi connectivity index (χ3n) is 3.12. The van der Waals surface area contributed by atoms with E-state index in [2.05, 4.69) is 9.97 Å². The average Bonchev–Trinajstić information content (AvgIpc) is 2.46. The molecule has 126 valence electrons. The minimum atomic E-state index is -4.51. The summed E-state index contributed by atoms with van der Waals surface area (Å²) in [4.78, 5) is 9.65. The Balaban J connectivity index is 3.12. The zero-order valence-electron chi connectivity index (χ0n) is 13.4. The fourth-order valence-electron chi connectivity index (χ4n) is 1.93. The normalized spacial score (nSPS) is 11.5. The van der Waals surface area contributed by atoms with Crippen molar-refractivity contribution < 1.29 is 17.9 Å². The molecule has 4 nitrogen and oxygen atoms in total. The van der Waals surface area contributed by atoms with Gasteiger partial charge in [0.1, 0.15) is 0 Å². The summed E-state index contributed by atoms with van der Waals surface area (Å²) in [7, 11) is 0. The fraction of sp³-hybridized carbons (Fsp3) is 0.733. The van der Waals surface area contributed by atoms with Crippen molar-refractivity contribution in [3.63, 3.8) is 0 Å². The summed E-state index contributed by atoms with van der Waals surface area (Å²) in [6.45, 7) is 7.33. The van der Waals surface area contributed by atoms with Gasteiger partial charge >= 0.3 is 6.18 Å². The Hall–Kier alpha value is -1.53.